The summed E-state index contributed by atoms with van der Waals surface area (Å²) in [6, 6.07) is 3.84. The van der Waals surface area contributed by atoms with Crippen molar-refractivity contribution in [1.29, 1.82) is 0 Å². The molecule has 3 heteroatoms. The minimum atomic E-state index is -0.0525. The van der Waals surface area contributed by atoms with E-state index in [4.69, 9.17) is 9.47 Å². The predicted octanol–water partition coefficient (Wildman–Crippen LogP) is 2.07. The van der Waals surface area contributed by atoms with Crippen molar-refractivity contribution in [2.24, 2.45) is 0 Å². The number of hydrogen-bond donors (Lipinski definition) is 0. The molecule has 1 aromatic rings. The number of carbonyl (C=O) groups is 1. The van der Waals surface area contributed by atoms with Crippen LogP contribution in [0.1, 0.15) is 23.5 Å². The largest absolute Gasteiger partial charge is 0.496 e. The molecule has 1 aliphatic rings. The van der Waals surface area contributed by atoms with E-state index >= 15 is 0 Å². The maximum absolute atomic E-state index is 10.9. The summed E-state index contributed by atoms with van der Waals surface area (Å²) in [5.74, 6) is 1.58. The van der Waals surface area contributed by atoms with Crippen LogP contribution in [0.4, 0.5) is 0 Å². The summed E-state index contributed by atoms with van der Waals surface area (Å²) < 4.78 is 10.8. The molecule has 3 nitrogen and oxygen atoms in total. The number of benzene rings is 1. The molecule has 1 aliphatic heterocycles. The molecule has 0 fully saturated rings. The van der Waals surface area contributed by atoms with Gasteiger partial charge in [0.15, 0.2) is 0 Å². The van der Waals surface area contributed by atoms with Gasteiger partial charge in [0, 0.05) is 11.5 Å². The number of hydrogen-bond acceptors (Lipinski definition) is 3. The summed E-state index contributed by atoms with van der Waals surface area (Å²) in [5, 5.41) is 0. The first-order valence-electron chi connectivity index (χ1n) is 5.03. The number of ether oxygens (including phenoxy) is 2. The minimum Gasteiger partial charge on any atom is -0.496 e. The van der Waals surface area contributed by atoms with Crippen LogP contribution in [0.2, 0.25) is 0 Å². The molecule has 0 N–H and O–H groups in total. The van der Waals surface area contributed by atoms with Gasteiger partial charge < -0.3 is 14.3 Å². The van der Waals surface area contributed by atoms with Crippen molar-refractivity contribution in [2.45, 2.75) is 19.3 Å². The Labute approximate surface area is 89.0 Å². The van der Waals surface area contributed by atoms with Crippen LogP contribution in [-0.2, 0) is 4.79 Å². The second-order valence-corrected chi connectivity index (χ2v) is 3.74. The van der Waals surface area contributed by atoms with E-state index in [2.05, 4.69) is 0 Å². The van der Waals surface area contributed by atoms with Crippen molar-refractivity contribution in [2.75, 3.05) is 13.7 Å². The lowest BCUT2D eigenvalue weighted by molar-refractivity contribution is -0.109. The van der Waals surface area contributed by atoms with E-state index < -0.39 is 0 Å². The molecule has 2 rings (SSSR count). The van der Waals surface area contributed by atoms with E-state index in [0.717, 1.165) is 35.3 Å². The monoisotopic (exact) mass is 206 g/mol. The van der Waals surface area contributed by atoms with Gasteiger partial charge in [0.25, 0.3) is 0 Å². The molecular formula is C12H14O3. The van der Waals surface area contributed by atoms with E-state index in [-0.39, 0.29) is 5.92 Å². The third-order valence-electron chi connectivity index (χ3n) is 2.78. The molecule has 0 aliphatic carbocycles. The van der Waals surface area contributed by atoms with E-state index in [1.54, 1.807) is 7.11 Å². The smallest absolute Gasteiger partial charge is 0.127 e. The molecule has 0 amide bonds. The van der Waals surface area contributed by atoms with Gasteiger partial charge in [-0.15, -0.1) is 0 Å². The van der Waals surface area contributed by atoms with Gasteiger partial charge >= 0.3 is 0 Å². The molecule has 0 radical (unpaired) electrons. The maximum Gasteiger partial charge on any atom is 0.127 e. The van der Waals surface area contributed by atoms with E-state index in [1.165, 1.54) is 0 Å². The summed E-state index contributed by atoms with van der Waals surface area (Å²) >= 11 is 0. The highest BCUT2D eigenvalue weighted by Gasteiger charge is 2.22. The Hall–Kier alpha value is -1.51. The van der Waals surface area contributed by atoms with Gasteiger partial charge in [-0.1, -0.05) is 0 Å². The molecule has 1 aromatic carbocycles. The second-order valence-electron chi connectivity index (χ2n) is 3.74. The predicted molar refractivity (Wildman–Crippen MR) is 56.6 cm³/mol. The highest BCUT2D eigenvalue weighted by Crippen LogP contribution is 2.37. The van der Waals surface area contributed by atoms with E-state index in [0.29, 0.717) is 6.61 Å². The van der Waals surface area contributed by atoms with E-state index in [9.17, 15) is 4.79 Å². The Morgan fingerprint density at radius 1 is 1.53 bits per heavy atom. The van der Waals surface area contributed by atoms with Gasteiger partial charge in [0.05, 0.1) is 13.7 Å². The summed E-state index contributed by atoms with van der Waals surface area (Å²) in [5.41, 5.74) is 1.97. The molecule has 0 spiro atoms. The lowest BCUT2D eigenvalue weighted by Crippen LogP contribution is -2.15. The highest BCUT2D eigenvalue weighted by atomic mass is 16.5. The van der Waals surface area contributed by atoms with Gasteiger partial charge in [-0.2, -0.15) is 0 Å². The Morgan fingerprint density at radius 2 is 2.33 bits per heavy atom. The fraction of sp³-hybridized carbons (Fsp3) is 0.417. The van der Waals surface area contributed by atoms with Crippen LogP contribution in [0, 0.1) is 6.92 Å². The van der Waals surface area contributed by atoms with Crippen LogP contribution in [0.5, 0.6) is 11.5 Å². The summed E-state index contributed by atoms with van der Waals surface area (Å²) in [6.07, 6.45) is 1.73. The van der Waals surface area contributed by atoms with Crippen molar-refractivity contribution in [1.82, 2.24) is 0 Å². The molecule has 15 heavy (non-hydrogen) atoms. The Kier molecular flexibility index (Phi) is 2.62. The Balaban J connectivity index is 2.50. The summed E-state index contributed by atoms with van der Waals surface area (Å²) in [6.45, 7) is 2.58. The molecule has 80 valence electrons. The maximum atomic E-state index is 10.9. The van der Waals surface area contributed by atoms with Gasteiger partial charge in [-0.3, -0.25) is 0 Å². The van der Waals surface area contributed by atoms with Gasteiger partial charge in [-0.25, -0.2) is 0 Å². The standard InChI is InChI=1S/C12H14O3/c1-8-5-12-10(6-11(8)14-2)9(7-13)3-4-15-12/h5-7,9H,3-4H2,1-2H3. The third-order valence-corrected chi connectivity index (χ3v) is 2.78. The molecule has 0 saturated carbocycles. The van der Waals surface area contributed by atoms with Crippen molar-refractivity contribution < 1.29 is 14.3 Å². The quantitative estimate of drug-likeness (QED) is 0.695. The van der Waals surface area contributed by atoms with Crippen LogP contribution in [0.15, 0.2) is 12.1 Å². The fourth-order valence-corrected chi connectivity index (χ4v) is 1.90. The molecular weight excluding hydrogens is 192 g/mol. The topological polar surface area (TPSA) is 35.5 Å². The van der Waals surface area contributed by atoms with Crippen LogP contribution in [-0.4, -0.2) is 20.0 Å². The molecule has 1 heterocycles. The first kappa shape index (κ1) is 10.0. The molecule has 0 bridgehead atoms. The highest BCUT2D eigenvalue weighted by molar-refractivity contribution is 5.66. The van der Waals surface area contributed by atoms with Crippen molar-refractivity contribution in [3.8, 4) is 11.5 Å². The number of aryl methyl sites for hydroxylation is 1. The molecule has 0 aromatic heterocycles. The minimum absolute atomic E-state index is 0.0525. The number of carbonyl (C=O) groups excluding carboxylic acids is 1. The summed E-state index contributed by atoms with van der Waals surface area (Å²) in [7, 11) is 1.63. The Bertz CT molecular complexity index is 385. The first-order valence-corrected chi connectivity index (χ1v) is 5.03. The first-order chi connectivity index (χ1) is 7.26. The van der Waals surface area contributed by atoms with Gasteiger partial charge in [0.2, 0.25) is 0 Å². The number of methoxy groups -OCH3 is 1. The van der Waals surface area contributed by atoms with Crippen molar-refractivity contribution >= 4 is 6.29 Å². The van der Waals surface area contributed by atoms with Crippen molar-refractivity contribution in [3.63, 3.8) is 0 Å². The van der Waals surface area contributed by atoms with Crippen molar-refractivity contribution in [3.05, 3.63) is 23.3 Å². The van der Waals surface area contributed by atoms with Gasteiger partial charge in [0.1, 0.15) is 17.8 Å². The number of fused-ring (bicyclic) bond motifs is 1. The molecule has 0 saturated heterocycles. The van der Waals surface area contributed by atoms with Crippen LogP contribution >= 0.6 is 0 Å². The lowest BCUT2D eigenvalue weighted by atomic mass is 9.93. The average Bonchev–Trinajstić information content (AvgIpc) is 2.27. The van der Waals surface area contributed by atoms with E-state index in [1.807, 2.05) is 19.1 Å². The zero-order valence-corrected chi connectivity index (χ0v) is 8.95. The zero-order chi connectivity index (χ0) is 10.8. The van der Waals surface area contributed by atoms with Crippen LogP contribution in [0.3, 0.4) is 0 Å². The fourth-order valence-electron chi connectivity index (χ4n) is 1.90. The lowest BCUT2D eigenvalue weighted by Gasteiger charge is -2.23. The normalized spacial score (nSPS) is 18.9. The molecule has 1 unspecified atom stereocenters. The number of rotatable bonds is 2. The third kappa shape index (κ3) is 1.69. The SMILES string of the molecule is COc1cc2c(cc1C)OCCC2C=O. The average molecular weight is 206 g/mol. The number of aldehydes is 1. The summed E-state index contributed by atoms with van der Waals surface area (Å²) in [4.78, 5) is 10.9. The zero-order valence-electron chi connectivity index (χ0n) is 8.95. The second kappa shape index (κ2) is 3.93. The molecule has 1 atom stereocenters. The van der Waals surface area contributed by atoms with Crippen LogP contribution < -0.4 is 9.47 Å². The van der Waals surface area contributed by atoms with Gasteiger partial charge in [-0.05, 0) is 31.0 Å². The van der Waals surface area contributed by atoms with Crippen LogP contribution in [0.25, 0.3) is 0 Å². The Morgan fingerprint density at radius 3 is 3.00 bits per heavy atom.